The second kappa shape index (κ2) is 9.21. The van der Waals surface area contributed by atoms with Gasteiger partial charge in [-0.2, -0.15) is 0 Å². The van der Waals surface area contributed by atoms with Crippen molar-refractivity contribution in [2.45, 2.75) is 38.2 Å². The van der Waals surface area contributed by atoms with Gasteiger partial charge >= 0.3 is 12.1 Å². The molecule has 0 unspecified atom stereocenters. The second-order valence-corrected chi connectivity index (χ2v) is 10.5. The number of nitrogens with zero attached hydrogens (tertiary/aromatic N) is 1. The van der Waals surface area contributed by atoms with Crippen LogP contribution in [0.25, 0.3) is 9.40 Å². The van der Waals surface area contributed by atoms with Gasteiger partial charge in [0.15, 0.2) is 0 Å². The van der Waals surface area contributed by atoms with E-state index in [0.29, 0.717) is 11.4 Å². The lowest BCUT2D eigenvalue weighted by molar-refractivity contribution is -0.143. The summed E-state index contributed by atoms with van der Waals surface area (Å²) in [5, 5.41) is 6.64. The number of esters is 1. The summed E-state index contributed by atoms with van der Waals surface area (Å²) in [7, 11) is 1.43. The zero-order chi connectivity index (χ0) is 24.6. The third-order valence-corrected chi connectivity index (χ3v) is 8.36. The van der Waals surface area contributed by atoms with Crippen LogP contribution in [-0.2, 0) is 19.7 Å². The van der Waals surface area contributed by atoms with E-state index < -0.39 is 17.6 Å². The van der Waals surface area contributed by atoms with Gasteiger partial charge in [0.05, 0.1) is 12.0 Å². The molecule has 0 saturated heterocycles. The fourth-order valence-electron chi connectivity index (χ4n) is 3.81. The highest BCUT2D eigenvalue weighted by atomic mass is 32.1. The van der Waals surface area contributed by atoms with E-state index in [-0.39, 0.29) is 11.7 Å². The van der Waals surface area contributed by atoms with Crippen LogP contribution >= 0.6 is 22.7 Å². The summed E-state index contributed by atoms with van der Waals surface area (Å²) in [6.07, 6.45) is 0.629. The summed E-state index contributed by atoms with van der Waals surface area (Å²) in [6, 6.07) is 13.6. The van der Waals surface area contributed by atoms with Crippen LogP contribution in [-0.4, -0.2) is 24.3 Å². The number of aryl methyl sites for hydroxylation is 1. The van der Waals surface area contributed by atoms with E-state index in [1.165, 1.54) is 7.11 Å². The number of fused-ring (bicyclic) bond motifs is 1. The predicted octanol–water partition coefficient (Wildman–Crippen LogP) is 6.17. The summed E-state index contributed by atoms with van der Waals surface area (Å²) in [4.78, 5) is 26.5. The lowest BCUT2D eigenvalue weighted by Crippen LogP contribution is -2.20. The first kappa shape index (κ1) is 23.1. The maximum Gasteiger partial charge on any atom is 0.412 e. The Bertz CT molecular complexity index is 1440. The van der Waals surface area contributed by atoms with E-state index in [4.69, 9.17) is 14.0 Å². The lowest BCUT2D eigenvalue weighted by Gasteiger charge is -2.13. The number of hydrogen-bond donors (Lipinski definition) is 1. The van der Waals surface area contributed by atoms with Gasteiger partial charge in [-0.15, -0.1) is 22.7 Å². The lowest BCUT2D eigenvalue weighted by atomic mass is 10.1. The number of ether oxygens (including phenoxy) is 2. The highest BCUT2D eigenvalue weighted by Gasteiger charge is 2.53. The number of aromatic nitrogens is 1. The van der Waals surface area contributed by atoms with Gasteiger partial charge in [0.1, 0.15) is 22.9 Å². The minimum absolute atomic E-state index is 0.163. The number of benzene rings is 1. The van der Waals surface area contributed by atoms with Gasteiger partial charge < -0.3 is 14.0 Å². The molecule has 3 aromatic heterocycles. The first-order valence-electron chi connectivity index (χ1n) is 11.0. The van der Waals surface area contributed by atoms with Crippen molar-refractivity contribution in [1.29, 1.82) is 0 Å². The molecule has 1 atom stereocenters. The van der Waals surface area contributed by atoms with Crippen LogP contribution in [0.1, 0.15) is 52.6 Å². The molecule has 0 radical (unpaired) electrons. The van der Waals surface area contributed by atoms with Crippen molar-refractivity contribution in [3.8, 4) is 11.8 Å². The van der Waals surface area contributed by atoms with Gasteiger partial charge in [0.2, 0.25) is 5.76 Å². The Hall–Kier alpha value is -3.61. The number of amides is 1. The molecule has 3 heterocycles. The van der Waals surface area contributed by atoms with Crippen molar-refractivity contribution in [2.75, 3.05) is 12.4 Å². The van der Waals surface area contributed by atoms with E-state index in [1.54, 1.807) is 36.5 Å². The third kappa shape index (κ3) is 4.55. The molecule has 4 aromatic rings. The van der Waals surface area contributed by atoms with E-state index in [0.717, 1.165) is 37.6 Å². The predicted molar refractivity (Wildman–Crippen MR) is 135 cm³/mol. The van der Waals surface area contributed by atoms with Crippen LogP contribution in [0, 0.1) is 18.8 Å². The normalized spacial score (nSPS) is 14.6. The molecule has 178 valence electrons. The molecular formula is C26H22N2O5S2. The molecule has 1 aromatic carbocycles. The molecule has 0 aliphatic heterocycles. The van der Waals surface area contributed by atoms with Gasteiger partial charge in [0.25, 0.3) is 0 Å². The summed E-state index contributed by atoms with van der Waals surface area (Å²) in [5.41, 5.74) is 1.32. The Morgan fingerprint density at radius 3 is 2.57 bits per heavy atom. The van der Waals surface area contributed by atoms with Crippen molar-refractivity contribution in [3.63, 3.8) is 0 Å². The Balaban J connectivity index is 1.30. The molecule has 9 heteroatoms. The van der Waals surface area contributed by atoms with Gasteiger partial charge in [-0.25, -0.2) is 4.79 Å². The molecule has 7 nitrogen and oxygen atoms in total. The molecule has 0 bridgehead atoms. The van der Waals surface area contributed by atoms with Crippen molar-refractivity contribution in [2.24, 2.45) is 0 Å². The Labute approximate surface area is 210 Å². The Morgan fingerprint density at radius 2 is 1.89 bits per heavy atom. The molecule has 1 aliphatic carbocycles. The molecule has 1 N–H and O–H groups in total. The number of rotatable bonds is 5. The first-order valence-corrected chi connectivity index (χ1v) is 12.7. The standard InChI is InChI=1S/C26H22N2O5S2/c1-15-23(27-25(30)32-16(2)17-7-5-4-6-8-17)19(33-28-15)10-9-18-13-20-21(34-18)14-22(35-20)26(11-12-26)24(29)31-3/h4-8,13-14,16H,11-12H2,1-3H3,(H,27,30)/t16-/m1/s1. The maximum atomic E-state index is 12.5. The van der Waals surface area contributed by atoms with Gasteiger partial charge in [-0.3, -0.25) is 10.1 Å². The number of thiophene rings is 2. The summed E-state index contributed by atoms with van der Waals surface area (Å²) < 4.78 is 18.0. The third-order valence-electron chi connectivity index (χ3n) is 5.95. The molecule has 1 amide bonds. The fourth-order valence-corrected chi connectivity index (χ4v) is 6.29. The number of nitrogens with one attached hydrogen (secondary N) is 1. The molecular weight excluding hydrogens is 484 g/mol. The minimum Gasteiger partial charge on any atom is -0.468 e. The van der Waals surface area contributed by atoms with Crippen molar-refractivity contribution < 1.29 is 23.6 Å². The van der Waals surface area contributed by atoms with Gasteiger partial charge in [-0.1, -0.05) is 35.5 Å². The SMILES string of the molecule is COC(=O)C1(c2cc3sc(C#Cc4onc(C)c4NC(=O)O[C@H](C)c4ccccc4)cc3s2)CC1. The van der Waals surface area contributed by atoms with Crippen LogP contribution in [0.15, 0.2) is 47.0 Å². The van der Waals surface area contributed by atoms with Gasteiger partial charge in [-0.05, 0) is 56.2 Å². The van der Waals surface area contributed by atoms with Crippen molar-refractivity contribution in [3.05, 3.63) is 69.2 Å². The first-order chi connectivity index (χ1) is 16.9. The quantitative estimate of drug-likeness (QED) is 0.257. The molecule has 1 aliphatic rings. The largest absolute Gasteiger partial charge is 0.468 e. The van der Waals surface area contributed by atoms with E-state index >= 15 is 0 Å². The molecule has 0 spiro atoms. The zero-order valence-corrected chi connectivity index (χ0v) is 21.0. The summed E-state index contributed by atoms with van der Waals surface area (Å²) in [5.74, 6) is 6.16. The zero-order valence-electron chi connectivity index (χ0n) is 19.3. The number of methoxy groups -OCH3 is 1. The summed E-state index contributed by atoms with van der Waals surface area (Å²) >= 11 is 3.15. The molecule has 1 saturated carbocycles. The van der Waals surface area contributed by atoms with Crippen molar-refractivity contribution >= 4 is 49.8 Å². The number of anilines is 1. The highest BCUT2D eigenvalue weighted by molar-refractivity contribution is 7.28. The summed E-state index contributed by atoms with van der Waals surface area (Å²) in [6.45, 7) is 3.53. The maximum absolute atomic E-state index is 12.5. The van der Waals surface area contributed by atoms with E-state index in [2.05, 4.69) is 28.4 Å². The molecule has 1 fully saturated rings. The van der Waals surface area contributed by atoms with Crippen LogP contribution in [0.5, 0.6) is 0 Å². The van der Waals surface area contributed by atoms with Crippen molar-refractivity contribution in [1.82, 2.24) is 5.16 Å². The van der Waals surface area contributed by atoms with E-state index in [9.17, 15) is 9.59 Å². The topological polar surface area (TPSA) is 90.7 Å². The number of carbonyl (C=O) groups is 2. The number of hydrogen-bond acceptors (Lipinski definition) is 8. The van der Waals surface area contributed by atoms with Gasteiger partial charge in [0, 0.05) is 14.3 Å². The fraction of sp³-hybridized carbons (Fsp3) is 0.269. The second-order valence-electron chi connectivity index (χ2n) is 8.33. The van der Waals surface area contributed by atoms with Crippen LogP contribution in [0.4, 0.5) is 10.5 Å². The van der Waals surface area contributed by atoms with Crippen LogP contribution < -0.4 is 5.32 Å². The Morgan fingerprint density at radius 1 is 1.14 bits per heavy atom. The molecule has 5 rings (SSSR count). The average Bonchev–Trinajstić information content (AvgIpc) is 3.28. The van der Waals surface area contributed by atoms with E-state index in [1.807, 2.05) is 36.4 Å². The smallest absolute Gasteiger partial charge is 0.412 e. The minimum atomic E-state index is -0.612. The average molecular weight is 507 g/mol. The number of carbonyl (C=O) groups excluding carboxylic acids is 2. The Kier molecular flexibility index (Phi) is 6.09. The van der Waals surface area contributed by atoms with Crippen LogP contribution in [0.3, 0.4) is 0 Å². The highest BCUT2D eigenvalue weighted by Crippen LogP contribution is 2.53. The molecule has 35 heavy (non-hydrogen) atoms. The van der Waals surface area contributed by atoms with Crippen LogP contribution in [0.2, 0.25) is 0 Å². The monoisotopic (exact) mass is 506 g/mol.